The molecule has 0 radical (unpaired) electrons. The molecule has 1 aromatic carbocycles. The van der Waals surface area contributed by atoms with Crippen molar-refractivity contribution in [2.45, 2.75) is 26.7 Å². The Hall–Kier alpha value is -2.61. The van der Waals surface area contributed by atoms with Crippen LogP contribution in [0.25, 0.3) is 0 Å². The van der Waals surface area contributed by atoms with E-state index >= 15 is 0 Å². The first-order valence-electron chi connectivity index (χ1n) is 8.45. The van der Waals surface area contributed by atoms with Gasteiger partial charge >= 0.3 is 5.97 Å². The highest BCUT2D eigenvalue weighted by Crippen LogP contribution is 2.15. The van der Waals surface area contributed by atoms with Crippen molar-refractivity contribution in [3.63, 3.8) is 0 Å². The zero-order valence-corrected chi connectivity index (χ0v) is 16.3. The van der Waals surface area contributed by atoms with Gasteiger partial charge in [0.2, 0.25) is 5.91 Å². The number of nitrogens with zero attached hydrogens (tertiary/aromatic N) is 1. The van der Waals surface area contributed by atoms with E-state index in [2.05, 4.69) is 24.3 Å². The zero-order valence-electron chi connectivity index (χ0n) is 15.5. The molecule has 0 aliphatic heterocycles. The fourth-order valence-electron chi connectivity index (χ4n) is 2.16. The van der Waals surface area contributed by atoms with Crippen LogP contribution in [-0.4, -0.2) is 40.9 Å². The van der Waals surface area contributed by atoms with Crippen LogP contribution in [0.5, 0.6) is 0 Å². The van der Waals surface area contributed by atoms with E-state index in [4.69, 9.17) is 9.26 Å². The van der Waals surface area contributed by atoms with E-state index < -0.39 is 5.97 Å². The van der Waals surface area contributed by atoms with Crippen molar-refractivity contribution in [1.82, 2.24) is 5.16 Å². The minimum absolute atomic E-state index is 0.0230. The summed E-state index contributed by atoms with van der Waals surface area (Å²) < 4.78 is 9.81. The standard InChI is InChI=1S/C19H22N2O5S/c1-12(2)14-4-6-15(7-5-14)16(22)9-25-19(24)11-27-10-18(23)20-17-8-13(3)26-21-17/h4-8,12H,9-11H2,1-3H3,(H,20,21,23). The van der Waals surface area contributed by atoms with Crippen LogP contribution in [0.4, 0.5) is 5.82 Å². The lowest BCUT2D eigenvalue weighted by Crippen LogP contribution is -2.18. The molecule has 0 unspecified atom stereocenters. The minimum atomic E-state index is -0.544. The van der Waals surface area contributed by atoms with Crippen molar-refractivity contribution in [1.29, 1.82) is 0 Å². The SMILES string of the molecule is Cc1cc(NC(=O)CSCC(=O)OCC(=O)c2ccc(C(C)C)cc2)no1. The van der Waals surface area contributed by atoms with Crippen molar-refractivity contribution >= 4 is 35.2 Å². The molecule has 2 aromatic rings. The lowest BCUT2D eigenvalue weighted by molar-refractivity contribution is -0.139. The first-order valence-corrected chi connectivity index (χ1v) is 9.60. The lowest BCUT2D eigenvalue weighted by atomic mass is 10.0. The summed E-state index contributed by atoms with van der Waals surface area (Å²) in [5.74, 6) is 0.230. The summed E-state index contributed by atoms with van der Waals surface area (Å²) in [5.41, 5.74) is 1.64. The highest BCUT2D eigenvalue weighted by atomic mass is 32.2. The Morgan fingerprint density at radius 2 is 1.89 bits per heavy atom. The van der Waals surface area contributed by atoms with E-state index in [-0.39, 0.29) is 29.8 Å². The van der Waals surface area contributed by atoms with Crippen molar-refractivity contribution in [2.75, 3.05) is 23.4 Å². The molecule has 144 valence electrons. The molecule has 1 heterocycles. The second kappa shape index (κ2) is 9.91. The second-order valence-electron chi connectivity index (χ2n) is 6.22. The number of hydrogen-bond donors (Lipinski definition) is 1. The second-order valence-corrected chi connectivity index (χ2v) is 7.21. The summed E-state index contributed by atoms with van der Waals surface area (Å²) in [7, 11) is 0. The first kappa shape index (κ1) is 20.7. The Kier molecular flexibility index (Phi) is 7.60. The van der Waals surface area contributed by atoms with Gasteiger partial charge in [0.25, 0.3) is 0 Å². The smallest absolute Gasteiger partial charge is 0.316 e. The minimum Gasteiger partial charge on any atom is -0.457 e. The average molecular weight is 390 g/mol. The van der Waals surface area contributed by atoms with Crippen LogP contribution in [0, 0.1) is 6.92 Å². The highest BCUT2D eigenvalue weighted by Gasteiger charge is 2.12. The molecule has 8 heteroatoms. The summed E-state index contributed by atoms with van der Waals surface area (Å²) in [6, 6.07) is 8.84. The molecule has 1 aromatic heterocycles. The largest absolute Gasteiger partial charge is 0.457 e. The van der Waals surface area contributed by atoms with E-state index in [1.54, 1.807) is 25.1 Å². The van der Waals surface area contributed by atoms with Crippen LogP contribution >= 0.6 is 11.8 Å². The van der Waals surface area contributed by atoms with Crippen LogP contribution in [0.3, 0.4) is 0 Å². The predicted molar refractivity (Wildman–Crippen MR) is 103 cm³/mol. The Bertz CT molecular complexity index is 799. The van der Waals surface area contributed by atoms with E-state index in [0.29, 0.717) is 23.1 Å². The molecule has 27 heavy (non-hydrogen) atoms. The number of ether oxygens (including phenoxy) is 1. The number of nitrogens with one attached hydrogen (secondary N) is 1. The molecule has 0 saturated heterocycles. The summed E-state index contributed by atoms with van der Waals surface area (Å²) in [6.45, 7) is 5.55. The van der Waals surface area contributed by atoms with Crippen LogP contribution in [0.2, 0.25) is 0 Å². The van der Waals surface area contributed by atoms with Crippen molar-refractivity contribution in [2.24, 2.45) is 0 Å². The van der Waals surface area contributed by atoms with Gasteiger partial charge in [0.15, 0.2) is 18.2 Å². The molecule has 0 fully saturated rings. The lowest BCUT2D eigenvalue weighted by Gasteiger charge is -2.07. The molecular formula is C19H22N2O5S. The number of aryl methyl sites for hydroxylation is 1. The number of amides is 1. The van der Waals surface area contributed by atoms with Gasteiger partial charge in [0.1, 0.15) is 5.76 Å². The highest BCUT2D eigenvalue weighted by molar-refractivity contribution is 8.00. The Morgan fingerprint density at radius 1 is 1.19 bits per heavy atom. The first-order chi connectivity index (χ1) is 12.8. The van der Waals surface area contributed by atoms with Crippen molar-refractivity contribution in [3.05, 3.63) is 47.2 Å². The number of esters is 1. The molecule has 1 amide bonds. The maximum Gasteiger partial charge on any atom is 0.316 e. The number of thioether (sulfide) groups is 1. The number of aromatic nitrogens is 1. The number of carbonyl (C=O) groups excluding carboxylic acids is 3. The maximum atomic E-state index is 12.1. The number of hydrogen-bond acceptors (Lipinski definition) is 7. The van der Waals surface area contributed by atoms with E-state index in [1.165, 1.54) is 0 Å². The van der Waals surface area contributed by atoms with Crippen molar-refractivity contribution < 1.29 is 23.6 Å². The Morgan fingerprint density at radius 3 is 2.48 bits per heavy atom. The molecule has 7 nitrogen and oxygen atoms in total. The molecule has 0 spiro atoms. The van der Waals surface area contributed by atoms with Gasteiger partial charge in [-0.3, -0.25) is 14.4 Å². The summed E-state index contributed by atoms with van der Waals surface area (Å²) in [6.07, 6.45) is 0. The normalized spacial score (nSPS) is 10.7. The fraction of sp³-hybridized carbons (Fsp3) is 0.368. The van der Waals surface area contributed by atoms with Gasteiger partial charge in [-0.2, -0.15) is 0 Å². The van der Waals surface area contributed by atoms with Crippen LogP contribution in [0.1, 0.15) is 41.4 Å². The third kappa shape index (κ3) is 6.90. The van der Waals surface area contributed by atoms with Gasteiger partial charge < -0.3 is 14.6 Å². The van der Waals surface area contributed by atoms with Gasteiger partial charge in [-0.15, -0.1) is 11.8 Å². The average Bonchev–Trinajstić information content (AvgIpc) is 3.04. The van der Waals surface area contributed by atoms with Crippen LogP contribution < -0.4 is 5.32 Å². The van der Waals surface area contributed by atoms with Gasteiger partial charge in [0.05, 0.1) is 11.5 Å². The van der Waals surface area contributed by atoms with E-state index in [0.717, 1.165) is 17.3 Å². The monoisotopic (exact) mass is 390 g/mol. The molecule has 0 aliphatic rings. The number of Topliss-reactive ketones (excluding diaryl/α,β-unsaturated/α-hetero) is 1. The van der Waals surface area contributed by atoms with Gasteiger partial charge in [-0.05, 0) is 18.4 Å². The van der Waals surface area contributed by atoms with Crippen LogP contribution in [-0.2, 0) is 14.3 Å². The quantitative estimate of drug-likeness (QED) is 0.518. The fourth-order valence-corrected chi connectivity index (χ4v) is 2.77. The summed E-state index contributed by atoms with van der Waals surface area (Å²) in [5, 5.41) is 6.20. The molecule has 2 rings (SSSR count). The van der Waals surface area contributed by atoms with Gasteiger partial charge in [0, 0.05) is 11.6 Å². The van der Waals surface area contributed by atoms with Gasteiger partial charge in [-0.1, -0.05) is 43.3 Å². The predicted octanol–water partition coefficient (Wildman–Crippen LogP) is 3.20. The molecule has 1 N–H and O–H groups in total. The number of carbonyl (C=O) groups is 3. The maximum absolute atomic E-state index is 12.1. The molecule has 0 bridgehead atoms. The number of benzene rings is 1. The Balaban J connectivity index is 1.66. The third-order valence-corrected chi connectivity index (χ3v) is 4.52. The molecular weight excluding hydrogens is 368 g/mol. The van der Waals surface area contributed by atoms with Crippen molar-refractivity contribution in [3.8, 4) is 0 Å². The van der Waals surface area contributed by atoms with Crippen LogP contribution in [0.15, 0.2) is 34.9 Å². The van der Waals surface area contributed by atoms with E-state index in [1.807, 2.05) is 12.1 Å². The topological polar surface area (TPSA) is 98.5 Å². The number of ketones is 1. The molecule has 0 atom stereocenters. The molecule has 0 aliphatic carbocycles. The summed E-state index contributed by atoms with van der Waals surface area (Å²) in [4.78, 5) is 35.5. The van der Waals surface area contributed by atoms with E-state index in [9.17, 15) is 14.4 Å². The molecule has 0 saturated carbocycles. The third-order valence-electron chi connectivity index (χ3n) is 3.61. The number of anilines is 1. The zero-order chi connectivity index (χ0) is 19.8. The summed E-state index contributed by atoms with van der Waals surface area (Å²) >= 11 is 1.09. The Labute approximate surface area is 161 Å². The van der Waals surface area contributed by atoms with Gasteiger partial charge in [-0.25, -0.2) is 0 Å². The number of rotatable bonds is 9.